The molecule has 33 heavy (non-hydrogen) atoms. The molecule has 2 rings (SSSR count). The van der Waals surface area contributed by atoms with Crippen molar-refractivity contribution >= 4 is 29.1 Å². The summed E-state index contributed by atoms with van der Waals surface area (Å²) in [5.41, 5.74) is 3.30. The lowest BCUT2D eigenvalue weighted by Crippen LogP contribution is -2.54. The number of halogens is 5. The number of nitrogens with two attached hydrogens (primary N) is 1. The molecule has 0 bridgehead atoms. The number of carbonyl (C=O) groups is 3. The van der Waals surface area contributed by atoms with E-state index in [1.165, 1.54) is 0 Å². The molecule has 1 aliphatic heterocycles. The largest absolute Gasteiger partial charge is 0.418 e. The highest BCUT2D eigenvalue weighted by Crippen LogP contribution is 2.38. The van der Waals surface area contributed by atoms with Gasteiger partial charge in [-0.25, -0.2) is 8.78 Å². The summed E-state index contributed by atoms with van der Waals surface area (Å²) in [7, 11) is 0. The molecular formula is C20H25F5N4O4. The van der Waals surface area contributed by atoms with Crippen molar-refractivity contribution in [2.75, 3.05) is 43.1 Å². The number of alkyl halides is 5. The van der Waals surface area contributed by atoms with Crippen LogP contribution in [0.5, 0.6) is 0 Å². The Balaban J connectivity index is 2.36. The molecule has 1 atom stereocenters. The molecule has 1 aromatic carbocycles. The maximum atomic E-state index is 13.7. The second kappa shape index (κ2) is 10.9. The number of nitrogens with zero attached hydrogens (tertiary/aromatic N) is 2. The number of hydrogen-bond acceptors (Lipinski definition) is 5. The fraction of sp³-hybridized carbons (Fsp3) is 0.550. The van der Waals surface area contributed by atoms with Gasteiger partial charge in [0.1, 0.15) is 6.61 Å². The molecule has 0 radical (unpaired) electrons. The van der Waals surface area contributed by atoms with E-state index >= 15 is 0 Å². The predicted octanol–water partition coefficient (Wildman–Crippen LogP) is 2.08. The molecule has 3 N–H and O–H groups in total. The summed E-state index contributed by atoms with van der Waals surface area (Å²) in [6, 6.07) is 0.902. The fourth-order valence-electron chi connectivity index (χ4n) is 3.47. The van der Waals surface area contributed by atoms with Crippen LogP contribution in [0.25, 0.3) is 0 Å². The number of rotatable bonds is 9. The topological polar surface area (TPSA) is 105 Å². The van der Waals surface area contributed by atoms with Crippen LogP contribution in [0, 0.1) is 5.92 Å². The summed E-state index contributed by atoms with van der Waals surface area (Å²) in [6.07, 6.45) is -7.75. The standard InChI is InChI=1S/C20H25F5N4O4/c1-11(2)8-28(9-15(21)22)17(18(26)31)19(32)27-12-3-4-14(13(7-12)20(23,24)25)29-5-6-33-10-16(29)30/h3-4,7,11,15,17H,5-6,8-10H2,1-2H3,(H2,26,31)(H,27,32)/t17-/m1/s1. The van der Waals surface area contributed by atoms with Crippen molar-refractivity contribution in [2.24, 2.45) is 11.7 Å². The highest BCUT2D eigenvalue weighted by atomic mass is 19.4. The normalized spacial score (nSPS) is 15.9. The molecule has 13 heteroatoms. The first kappa shape index (κ1) is 26.5. The van der Waals surface area contributed by atoms with Crippen molar-refractivity contribution in [3.8, 4) is 0 Å². The molecule has 0 aromatic heterocycles. The molecule has 0 unspecified atom stereocenters. The zero-order valence-corrected chi connectivity index (χ0v) is 18.0. The lowest BCUT2D eigenvalue weighted by atomic mass is 10.1. The lowest BCUT2D eigenvalue weighted by Gasteiger charge is -2.30. The quantitative estimate of drug-likeness (QED) is 0.416. The average Bonchev–Trinajstić information content (AvgIpc) is 2.66. The molecular weight excluding hydrogens is 455 g/mol. The van der Waals surface area contributed by atoms with E-state index in [0.717, 1.165) is 21.9 Å². The van der Waals surface area contributed by atoms with Crippen molar-refractivity contribution in [3.05, 3.63) is 23.8 Å². The minimum atomic E-state index is -4.88. The van der Waals surface area contributed by atoms with E-state index in [0.29, 0.717) is 6.07 Å². The molecule has 1 aliphatic rings. The van der Waals surface area contributed by atoms with Crippen LogP contribution >= 0.6 is 0 Å². The molecule has 1 saturated heterocycles. The molecule has 1 heterocycles. The summed E-state index contributed by atoms with van der Waals surface area (Å²) in [4.78, 5) is 38.4. The van der Waals surface area contributed by atoms with Gasteiger partial charge in [0, 0.05) is 18.8 Å². The second-order valence-corrected chi connectivity index (χ2v) is 7.86. The SMILES string of the molecule is CC(C)CN(CC(F)F)[C@H](C(N)=O)C(=O)Nc1ccc(N2CCOCC2=O)c(C(F)(F)F)c1. The van der Waals surface area contributed by atoms with Crippen molar-refractivity contribution in [3.63, 3.8) is 0 Å². The van der Waals surface area contributed by atoms with Crippen LogP contribution < -0.4 is 16.0 Å². The number of ether oxygens (including phenoxy) is 1. The minimum absolute atomic E-state index is 0.0532. The van der Waals surface area contributed by atoms with Gasteiger partial charge in [0.2, 0.25) is 5.91 Å². The first-order valence-electron chi connectivity index (χ1n) is 10.0. The molecule has 1 fully saturated rings. The van der Waals surface area contributed by atoms with E-state index in [-0.39, 0.29) is 37.9 Å². The summed E-state index contributed by atoms with van der Waals surface area (Å²) in [6.45, 7) is 1.95. The Morgan fingerprint density at radius 3 is 2.42 bits per heavy atom. The average molecular weight is 480 g/mol. The van der Waals surface area contributed by atoms with Gasteiger partial charge in [-0.15, -0.1) is 0 Å². The number of carbonyl (C=O) groups excluding carboxylic acids is 3. The monoisotopic (exact) mass is 480 g/mol. The van der Waals surface area contributed by atoms with Gasteiger partial charge < -0.3 is 20.7 Å². The summed E-state index contributed by atoms with van der Waals surface area (Å²) < 4.78 is 72.0. The summed E-state index contributed by atoms with van der Waals surface area (Å²) in [5.74, 6) is -3.23. The number of primary amides is 1. The van der Waals surface area contributed by atoms with Crippen LogP contribution in [-0.2, 0) is 25.3 Å². The predicted molar refractivity (Wildman–Crippen MR) is 109 cm³/mol. The molecule has 1 aromatic rings. The summed E-state index contributed by atoms with van der Waals surface area (Å²) in [5, 5.41) is 2.15. The second-order valence-electron chi connectivity index (χ2n) is 7.86. The van der Waals surface area contributed by atoms with E-state index < -0.39 is 54.2 Å². The first-order chi connectivity index (χ1) is 15.3. The molecule has 8 nitrogen and oxygen atoms in total. The van der Waals surface area contributed by atoms with E-state index in [4.69, 9.17) is 10.5 Å². The van der Waals surface area contributed by atoms with Crippen LogP contribution in [0.2, 0.25) is 0 Å². The Kier molecular flexibility index (Phi) is 8.72. The smallest absolute Gasteiger partial charge is 0.370 e. The zero-order chi connectivity index (χ0) is 24.9. The number of nitrogens with one attached hydrogen (secondary N) is 1. The fourth-order valence-corrected chi connectivity index (χ4v) is 3.47. The third-order valence-electron chi connectivity index (χ3n) is 4.70. The lowest BCUT2D eigenvalue weighted by molar-refractivity contribution is -0.138. The maximum Gasteiger partial charge on any atom is 0.418 e. The van der Waals surface area contributed by atoms with Crippen LogP contribution in [0.1, 0.15) is 19.4 Å². The number of morpholine rings is 1. The Morgan fingerprint density at radius 1 is 1.24 bits per heavy atom. The van der Waals surface area contributed by atoms with Crippen LogP contribution in [0.4, 0.5) is 33.3 Å². The number of benzene rings is 1. The summed E-state index contributed by atoms with van der Waals surface area (Å²) >= 11 is 0. The Labute approximate surface area is 186 Å². The Morgan fingerprint density at radius 2 is 1.91 bits per heavy atom. The van der Waals surface area contributed by atoms with Crippen LogP contribution in [0.15, 0.2) is 18.2 Å². The van der Waals surface area contributed by atoms with Crippen molar-refractivity contribution in [1.29, 1.82) is 0 Å². The van der Waals surface area contributed by atoms with Crippen LogP contribution in [-0.4, -0.2) is 67.9 Å². The van der Waals surface area contributed by atoms with Gasteiger partial charge in [-0.05, 0) is 24.1 Å². The van der Waals surface area contributed by atoms with Crippen LogP contribution in [0.3, 0.4) is 0 Å². The van der Waals surface area contributed by atoms with Gasteiger partial charge in [-0.2, -0.15) is 13.2 Å². The molecule has 3 amide bonds. The van der Waals surface area contributed by atoms with E-state index in [9.17, 15) is 36.3 Å². The Hall–Kier alpha value is -2.80. The van der Waals surface area contributed by atoms with Crippen molar-refractivity contribution < 1.29 is 41.1 Å². The molecule has 0 aliphatic carbocycles. The maximum absolute atomic E-state index is 13.7. The number of hydrogen-bond donors (Lipinski definition) is 2. The highest BCUT2D eigenvalue weighted by Gasteiger charge is 2.38. The number of anilines is 2. The van der Waals surface area contributed by atoms with Gasteiger partial charge in [0.15, 0.2) is 6.04 Å². The molecule has 184 valence electrons. The van der Waals surface area contributed by atoms with Gasteiger partial charge in [0.05, 0.1) is 24.4 Å². The number of amides is 3. The third kappa shape index (κ3) is 7.09. The Bertz CT molecular complexity index is 869. The van der Waals surface area contributed by atoms with Gasteiger partial charge >= 0.3 is 6.18 Å². The third-order valence-corrected chi connectivity index (χ3v) is 4.70. The first-order valence-corrected chi connectivity index (χ1v) is 10.0. The van der Waals surface area contributed by atoms with Gasteiger partial charge in [0.25, 0.3) is 18.2 Å². The van der Waals surface area contributed by atoms with E-state index in [1.807, 2.05) is 0 Å². The van der Waals surface area contributed by atoms with Gasteiger partial charge in [-0.1, -0.05) is 13.8 Å². The van der Waals surface area contributed by atoms with Gasteiger partial charge in [-0.3, -0.25) is 19.3 Å². The van der Waals surface area contributed by atoms with Crippen molar-refractivity contribution in [2.45, 2.75) is 32.5 Å². The van der Waals surface area contributed by atoms with E-state index in [1.54, 1.807) is 13.8 Å². The van der Waals surface area contributed by atoms with E-state index in [2.05, 4.69) is 5.32 Å². The molecule has 0 spiro atoms. The molecule has 0 saturated carbocycles. The highest BCUT2D eigenvalue weighted by molar-refractivity contribution is 6.09. The minimum Gasteiger partial charge on any atom is -0.370 e. The zero-order valence-electron chi connectivity index (χ0n) is 18.0. The van der Waals surface area contributed by atoms with Crippen molar-refractivity contribution in [1.82, 2.24) is 4.90 Å².